The van der Waals surface area contributed by atoms with Gasteiger partial charge in [0.05, 0.1) is 6.10 Å². The third-order valence-electron chi connectivity index (χ3n) is 4.71. The van der Waals surface area contributed by atoms with Crippen LogP contribution in [0.4, 0.5) is 0 Å². The fraction of sp³-hybridized carbons (Fsp3) is 0.700. The van der Waals surface area contributed by atoms with Crippen LogP contribution in [0.1, 0.15) is 71.1 Å². The number of carbonyl (C=O) groups excluding carboxylic acids is 1. The normalized spacial score (nSPS) is 22.7. The van der Waals surface area contributed by atoms with Crippen LogP contribution in [0, 0.1) is 11.8 Å². The zero-order valence-electron chi connectivity index (χ0n) is 14.8. The van der Waals surface area contributed by atoms with Gasteiger partial charge in [0, 0.05) is 18.8 Å². The van der Waals surface area contributed by atoms with E-state index in [0.29, 0.717) is 24.5 Å². The van der Waals surface area contributed by atoms with Gasteiger partial charge in [0.2, 0.25) is 0 Å². The van der Waals surface area contributed by atoms with Crippen molar-refractivity contribution >= 4 is 11.8 Å². The Balaban J connectivity index is 2.32. The molecule has 1 rings (SSSR count). The highest BCUT2D eigenvalue weighted by Crippen LogP contribution is 2.35. The molecule has 3 atom stereocenters. The predicted octanol–water partition coefficient (Wildman–Crippen LogP) is 4.28. The maximum absolute atomic E-state index is 12.1. The molecule has 0 aromatic rings. The molecule has 1 aliphatic carbocycles. The molecule has 1 saturated carbocycles. The summed E-state index contributed by atoms with van der Waals surface area (Å²) in [5.74, 6) is 0.0233. The number of unbranched alkanes of at least 4 members (excludes halogenated alkanes) is 2. The number of allylic oxidation sites excluding steroid dienone is 3. The van der Waals surface area contributed by atoms with Crippen molar-refractivity contribution < 1.29 is 19.8 Å². The molecule has 0 aliphatic heterocycles. The van der Waals surface area contributed by atoms with Crippen molar-refractivity contribution in [3.63, 3.8) is 0 Å². The van der Waals surface area contributed by atoms with E-state index in [1.807, 2.05) is 24.3 Å². The van der Waals surface area contributed by atoms with Gasteiger partial charge in [0.1, 0.15) is 5.78 Å². The zero-order chi connectivity index (χ0) is 17.8. The van der Waals surface area contributed by atoms with Gasteiger partial charge in [-0.1, -0.05) is 37.6 Å². The summed E-state index contributed by atoms with van der Waals surface area (Å²) in [7, 11) is 0. The molecule has 0 aromatic heterocycles. The number of ketones is 1. The van der Waals surface area contributed by atoms with Gasteiger partial charge < -0.3 is 10.2 Å². The van der Waals surface area contributed by atoms with E-state index in [2.05, 4.69) is 6.92 Å². The SMILES string of the molecule is CCC/C=C\C(O)CC[C@H]1CCC(=O)[C@@H]1C/C=C\CCCC(=O)O. The summed E-state index contributed by atoms with van der Waals surface area (Å²) in [4.78, 5) is 22.5. The number of hydrogen-bond acceptors (Lipinski definition) is 3. The average molecular weight is 336 g/mol. The van der Waals surface area contributed by atoms with Crippen molar-refractivity contribution in [2.75, 3.05) is 0 Å². The van der Waals surface area contributed by atoms with E-state index >= 15 is 0 Å². The lowest BCUT2D eigenvalue weighted by Crippen LogP contribution is -2.16. The first-order valence-corrected chi connectivity index (χ1v) is 9.28. The van der Waals surface area contributed by atoms with E-state index in [4.69, 9.17) is 5.11 Å². The lowest BCUT2D eigenvalue weighted by atomic mass is 9.87. The van der Waals surface area contributed by atoms with E-state index in [1.165, 1.54) is 0 Å². The first-order chi connectivity index (χ1) is 11.5. The fourth-order valence-electron chi connectivity index (χ4n) is 3.28. The van der Waals surface area contributed by atoms with Crippen LogP contribution in [-0.2, 0) is 9.59 Å². The second-order valence-electron chi connectivity index (χ2n) is 6.73. The second kappa shape index (κ2) is 12.0. The Morgan fingerprint density at radius 3 is 2.79 bits per heavy atom. The largest absolute Gasteiger partial charge is 0.481 e. The average Bonchev–Trinajstić information content (AvgIpc) is 2.89. The Morgan fingerprint density at radius 1 is 1.29 bits per heavy atom. The number of carboxylic acids is 1. The lowest BCUT2D eigenvalue weighted by Gasteiger charge is -2.18. The molecule has 4 nitrogen and oxygen atoms in total. The molecule has 0 amide bonds. The standard InChI is InChI=1S/C20H32O4/c1-2-3-6-9-17(21)14-12-16-13-15-19(22)18(16)10-7-4-5-8-11-20(23)24/h4,6-7,9,16-18,21H,2-3,5,8,10-15H2,1H3,(H,23,24)/b7-4-,9-6-/t16-,17?,18+/m0/s1. The number of hydrogen-bond donors (Lipinski definition) is 2. The van der Waals surface area contributed by atoms with E-state index in [-0.39, 0.29) is 12.3 Å². The number of carbonyl (C=O) groups is 2. The van der Waals surface area contributed by atoms with Crippen molar-refractivity contribution in [3.05, 3.63) is 24.3 Å². The molecular formula is C20H32O4. The fourth-order valence-corrected chi connectivity index (χ4v) is 3.28. The van der Waals surface area contributed by atoms with Gasteiger partial charge >= 0.3 is 5.97 Å². The number of aliphatic carboxylic acids is 1. The second-order valence-corrected chi connectivity index (χ2v) is 6.73. The molecule has 1 aliphatic rings. The minimum atomic E-state index is -0.763. The van der Waals surface area contributed by atoms with Gasteiger partial charge in [-0.25, -0.2) is 0 Å². The highest BCUT2D eigenvalue weighted by molar-refractivity contribution is 5.83. The highest BCUT2D eigenvalue weighted by Gasteiger charge is 2.33. The number of carboxylic acid groups (broad SMARTS) is 1. The molecule has 0 spiro atoms. The lowest BCUT2D eigenvalue weighted by molar-refractivity contribution is -0.137. The smallest absolute Gasteiger partial charge is 0.303 e. The van der Waals surface area contributed by atoms with Crippen molar-refractivity contribution in [1.82, 2.24) is 0 Å². The molecule has 0 heterocycles. The third kappa shape index (κ3) is 8.44. The van der Waals surface area contributed by atoms with Gasteiger partial charge in [-0.2, -0.15) is 0 Å². The number of Topliss-reactive ketones (excluding diaryl/α,β-unsaturated/α-hetero) is 1. The van der Waals surface area contributed by atoms with Crippen LogP contribution in [0.25, 0.3) is 0 Å². The zero-order valence-corrected chi connectivity index (χ0v) is 14.8. The molecule has 1 unspecified atom stereocenters. The van der Waals surface area contributed by atoms with Crippen LogP contribution < -0.4 is 0 Å². The number of rotatable bonds is 12. The van der Waals surface area contributed by atoms with E-state index < -0.39 is 12.1 Å². The van der Waals surface area contributed by atoms with Gasteiger partial charge in [-0.15, -0.1) is 0 Å². The molecule has 136 valence electrons. The van der Waals surface area contributed by atoms with E-state index in [0.717, 1.165) is 44.9 Å². The van der Waals surface area contributed by atoms with Crippen LogP contribution in [0.2, 0.25) is 0 Å². The van der Waals surface area contributed by atoms with Crippen LogP contribution in [0.5, 0.6) is 0 Å². The molecular weight excluding hydrogens is 304 g/mol. The third-order valence-corrected chi connectivity index (χ3v) is 4.71. The van der Waals surface area contributed by atoms with E-state index in [1.54, 1.807) is 0 Å². The quantitative estimate of drug-likeness (QED) is 0.412. The minimum Gasteiger partial charge on any atom is -0.481 e. The summed E-state index contributed by atoms with van der Waals surface area (Å²) in [6.07, 6.45) is 15.1. The molecule has 0 saturated heterocycles. The maximum atomic E-state index is 12.1. The Kier molecular flexibility index (Phi) is 10.3. The van der Waals surface area contributed by atoms with Crippen molar-refractivity contribution in [1.29, 1.82) is 0 Å². The van der Waals surface area contributed by atoms with Crippen molar-refractivity contribution in [3.8, 4) is 0 Å². The maximum Gasteiger partial charge on any atom is 0.303 e. The minimum absolute atomic E-state index is 0.0764. The molecule has 1 fully saturated rings. The van der Waals surface area contributed by atoms with Crippen molar-refractivity contribution in [2.24, 2.45) is 11.8 Å². The Labute approximate surface area is 145 Å². The Bertz CT molecular complexity index is 439. The highest BCUT2D eigenvalue weighted by atomic mass is 16.4. The van der Waals surface area contributed by atoms with Gasteiger partial charge in [0.15, 0.2) is 0 Å². The summed E-state index contributed by atoms with van der Waals surface area (Å²) < 4.78 is 0. The predicted molar refractivity (Wildman–Crippen MR) is 95.8 cm³/mol. The molecule has 0 aromatic carbocycles. The van der Waals surface area contributed by atoms with Gasteiger partial charge in [-0.05, 0) is 50.9 Å². The van der Waals surface area contributed by atoms with Crippen LogP contribution in [0.15, 0.2) is 24.3 Å². The van der Waals surface area contributed by atoms with E-state index in [9.17, 15) is 14.7 Å². The van der Waals surface area contributed by atoms with Crippen LogP contribution >= 0.6 is 0 Å². The Morgan fingerprint density at radius 2 is 2.08 bits per heavy atom. The topological polar surface area (TPSA) is 74.6 Å². The molecule has 24 heavy (non-hydrogen) atoms. The summed E-state index contributed by atoms with van der Waals surface area (Å²) >= 11 is 0. The Hall–Kier alpha value is -1.42. The summed E-state index contributed by atoms with van der Waals surface area (Å²) in [6.45, 7) is 2.11. The summed E-state index contributed by atoms with van der Waals surface area (Å²) in [5.41, 5.74) is 0. The number of aliphatic hydroxyl groups excluding tert-OH is 1. The molecule has 4 heteroatoms. The molecule has 0 radical (unpaired) electrons. The first-order valence-electron chi connectivity index (χ1n) is 9.28. The molecule has 0 bridgehead atoms. The van der Waals surface area contributed by atoms with Crippen LogP contribution in [-0.4, -0.2) is 28.1 Å². The first kappa shape index (κ1) is 20.6. The monoisotopic (exact) mass is 336 g/mol. The van der Waals surface area contributed by atoms with Crippen molar-refractivity contribution in [2.45, 2.75) is 77.2 Å². The van der Waals surface area contributed by atoms with Gasteiger partial charge in [0.25, 0.3) is 0 Å². The summed E-state index contributed by atoms with van der Waals surface area (Å²) in [5, 5.41) is 18.6. The molecule has 2 N–H and O–H groups in total. The summed E-state index contributed by atoms with van der Waals surface area (Å²) in [6, 6.07) is 0. The van der Waals surface area contributed by atoms with Gasteiger partial charge in [-0.3, -0.25) is 9.59 Å². The van der Waals surface area contributed by atoms with Crippen LogP contribution in [0.3, 0.4) is 0 Å². The number of aliphatic hydroxyl groups is 1.